The number of imidazole rings is 1. The van der Waals surface area contributed by atoms with Crippen molar-refractivity contribution in [2.75, 3.05) is 0 Å². The average molecular weight is 350 g/mol. The maximum atomic E-state index is 4.92. The SMILES string of the molecule is Cc1nc2ccccc2n1-c1cc(-c2ccccc2)nn1-c1ccccc1. The molecule has 2 heterocycles. The van der Waals surface area contributed by atoms with Crippen molar-refractivity contribution in [3.8, 4) is 22.8 Å². The quantitative estimate of drug-likeness (QED) is 0.449. The molecule has 4 nitrogen and oxygen atoms in total. The molecule has 0 aliphatic rings. The molecule has 130 valence electrons. The summed E-state index contributed by atoms with van der Waals surface area (Å²) in [6.07, 6.45) is 0. The smallest absolute Gasteiger partial charge is 0.143 e. The van der Waals surface area contributed by atoms with Gasteiger partial charge in [0.25, 0.3) is 0 Å². The second-order valence-corrected chi connectivity index (χ2v) is 6.48. The molecule has 0 amide bonds. The highest BCUT2D eigenvalue weighted by molar-refractivity contribution is 5.78. The summed E-state index contributed by atoms with van der Waals surface area (Å²) < 4.78 is 4.16. The van der Waals surface area contributed by atoms with Gasteiger partial charge in [0.2, 0.25) is 0 Å². The number of para-hydroxylation sites is 3. The fraction of sp³-hybridized carbons (Fsp3) is 0.0435. The van der Waals surface area contributed by atoms with Crippen LogP contribution in [0.15, 0.2) is 91.0 Å². The molecule has 5 rings (SSSR count). The predicted octanol–water partition coefficient (Wildman–Crippen LogP) is 5.19. The van der Waals surface area contributed by atoms with Crippen molar-refractivity contribution in [3.05, 3.63) is 96.8 Å². The third-order valence-electron chi connectivity index (χ3n) is 4.72. The molecule has 0 saturated heterocycles. The van der Waals surface area contributed by atoms with Crippen LogP contribution in [0.4, 0.5) is 0 Å². The van der Waals surface area contributed by atoms with Gasteiger partial charge in [-0.15, -0.1) is 0 Å². The number of hydrogen-bond acceptors (Lipinski definition) is 2. The largest absolute Gasteiger partial charge is 0.280 e. The monoisotopic (exact) mass is 350 g/mol. The number of aromatic nitrogens is 4. The first kappa shape index (κ1) is 15.6. The zero-order valence-corrected chi connectivity index (χ0v) is 14.9. The molecule has 0 spiro atoms. The van der Waals surface area contributed by atoms with E-state index in [2.05, 4.69) is 41.0 Å². The lowest BCUT2D eigenvalue weighted by Crippen LogP contribution is -2.06. The first-order chi connectivity index (χ1) is 13.3. The Bertz CT molecular complexity index is 1220. The minimum absolute atomic E-state index is 0.937. The standard InChI is InChI=1S/C23H18N4/c1-17-24-20-14-8-9-15-22(20)26(17)23-16-21(18-10-4-2-5-11-18)25-27(23)19-12-6-3-7-13-19/h2-16H,1H3. The maximum absolute atomic E-state index is 4.92. The van der Waals surface area contributed by atoms with Gasteiger partial charge < -0.3 is 0 Å². The van der Waals surface area contributed by atoms with E-state index >= 15 is 0 Å². The van der Waals surface area contributed by atoms with Crippen LogP contribution in [0.5, 0.6) is 0 Å². The van der Waals surface area contributed by atoms with Crippen molar-refractivity contribution in [1.82, 2.24) is 19.3 Å². The van der Waals surface area contributed by atoms with Gasteiger partial charge in [0.05, 0.1) is 22.4 Å². The molecule has 5 aromatic rings. The molecular weight excluding hydrogens is 332 g/mol. The lowest BCUT2D eigenvalue weighted by Gasteiger charge is -2.10. The molecule has 0 radical (unpaired) electrons. The van der Waals surface area contributed by atoms with Crippen molar-refractivity contribution in [2.24, 2.45) is 0 Å². The topological polar surface area (TPSA) is 35.6 Å². The van der Waals surface area contributed by atoms with E-state index in [1.54, 1.807) is 0 Å². The Kier molecular flexibility index (Phi) is 3.61. The second-order valence-electron chi connectivity index (χ2n) is 6.48. The Hall–Kier alpha value is -3.66. The summed E-state index contributed by atoms with van der Waals surface area (Å²) in [5.74, 6) is 1.92. The van der Waals surface area contributed by atoms with Crippen LogP contribution < -0.4 is 0 Å². The minimum Gasteiger partial charge on any atom is -0.280 e. The number of aryl methyl sites for hydroxylation is 1. The van der Waals surface area contributed by atoms with E-state index in [1.807, 2.05) is 66.2 Å². The van der Waals surface area contributed by atoms with E-state index in [-0.39, 0.29) is 0 Å². The van der Waals surface area contributed by atoms with Crippen LogP contribution in [0.1, 0.15) is 5.82 Å². The first-order valence-corrected chi connectivity index (χ1v) is 8.96. The van der Waals surface area contributed by atoms with Crippen LogP contribution in [0.25, 0.3) is 33.8 Å². The first-order valence-electron chi connectivity index (χ1n) is 8.96. The summed E-state index contributed by atoms with van der Waals surface area (Å²) >= 11 is 0. The molecule has 0 bridgehead atoms. The van der Waals surface area contributed by atoms with Gasteiger partial charge >= 0.3 is 0 Å². The van der Waals surface area contributed by atoms with Crippen LogP contribution >= 0.6 is 0 Å². The third kappa shape index (κ3) is 2.62. The molecule has 4 heteroatoms. The maximum Gasteiger partial charge on any atom is 0.143 e. The molecule has 0 atom stereocenters. The zero-order chi connectivity index (χ0) is 18.2. The number of fused-ring (bicyclic) bond motifs is 1. The molecule has 0 N–H and O–H groups in total. The lowest BCUT2D eigenvalue weighted by molar-refractivity contribution is 0.818. The van der Waals surface area contributed by atoms with Gasteiger partial charge in [-0.1, -0.05) is 60.7 Å². The van der Waals surface area contributed by atoms with Gasteiger partial charge in [0.15, 0.2) is 0 Å². The summed E-state index contributed by atoms with van der Waals surface area (Å²) in [6.45, 7) is 2.03. The number of benzene rings is 3. The number of nitrogens with zero attached hydrogens (tertiary/aromatic N) is 4. The lowest BCUT2D eigenvalue weighted by atomic mass is 10.1. The third-order valence-corrected chi connectivity index (χ3v) is 4.72. The Labute approximate surface area is 157 Å². The van der Waals surface area contributed by atoms with E-state index in [0.29, 0.717) is 0 Å². The van der Waals surface area contributed by atoms with E-state index in [9.17, 15) is 0 Å². The fourth-order valence-corrected chi connectivity index (χ4v) is 3.48. The minimum atomic E-state index is 0.937. The molecule has 0 fully saturated rings. The summed E-state index contributed by atoms with van der Waals surface area (Å²) in [5.41, 5.74) is 5.11. The van der Waals surface area contributed by atoms with Crippen LogP contribution in [0, 0.1) is 6.92 Å². The van der Waals surface area contributed by atoms with Crippen LogP contribution in [0.3, 0.4) is 0 Å². The number of rotatable bonds is 3. The Morgan fingerprint density at radius 2 is 1.41 bits per heavy atom. The summed E-state index contributed by atoms with van der Waals surface area (Å²) in [6, 6.07) is 30.8. The van der Waals surface area contributed by atoms with Crippen molar-refractivity contribution in [2.45, 2.75) is 6.92 Å². The van der Waals surface area contributed by atoms with Gasteiger partial charge in [0, 0.05) is 11.6 Å². The van der Waals surface area contributed by atoms with Gasteiger partial charge in [0.1, 0.15) is 11.6 Å². The molecule has 0 aliphatic heterocycles. The Morgan fingerprint density at radius 1 is 0.741 bits per heavy atom. The summed E-state index contributed by atoms with van der Waals surface area (Å²) in [5, 5.41) is 4.92. The highest BCUT2D eigenvalue weighted by Gasteiger charge is 2.17. The van der Waals surface area contributed by atoms with Crippen molar-refractivity contribution in [3.63, 3.8) is 0 Å². The molecule has 0 aliphatic carbocycles. The molecule has 3 aromatic carbocycles. The van der Waals surface area contributed by atoms with Gasteiger partial charge in [-0.25, -0.2) is 9.67 Å². The highest BCUT2D eigenvalue weighted by Crippen LogP contribution is 2.27. The fourth-order valence-electron chi connectivity index (χ4n) is 3.48. The molecule has 0 unspecified atom stereocenters. The predicted molar refractivity (Wildman–Crippen MR) is 108 cm³/mol. The van der Waals surface area contributed by atoms with Crippen LogP contribution in [-0.4, -0.2) is 19.3 Å². The Balaban J connectivity index is 1.80. The van der Waals surface area contributed by atoms with Crippen LogP contribution in [0.2, 0.25) is 0 Å². The van der Waals surface area contributed by atoms with E-state index in [1.165, 1.54) is 0 Å². The normalized spacial score (nSPS) is 11.1. The van der Waals surface area contributed by atoms with Crippen molar-refractivity contribution >= 4 is 11.0 Å². The summed E-state index contributed by atoms with van der Waals surface area (Å²) in [4.78, 5) is 4.73. The summed E-state index contributed by atoms with van der Waals surface area (Å²) in [7, 11) is 0. The highest BCUT2D eigenvalue weighted by atomic mass is 15.4. The van der Waals surface area contributed by atoms with E-state index in [4.69, 9.17) is 10.1 Å². The van der Waals surface area contributed by atoms with Crippen molar-refractivity contribution < 1.29 is 0 Å². The van der Waals surface area contributed by atoms with Gasteiger partial charge in [-0.3, -0.25) is 4.57 Å². The van der Waals surface area contributed by atoms with Gasteiger partial charge in [-0.05, 0) is 31.2 Å². The van der Waals surface area contributed by atoms with E-state index in [0.717, 1.165) is 39.6 Å². The van der Waals surface area contributed by atoms with Gasteiger partial charge in [-0.2, -0.15) is 5.10 Å². The second kappa shape index (κ2) is 6.25. The molecule has 0 saturated carbocycles. The van der Waals surface area contributed by atoms with Crippen LogP contribution in [-0.2, 0) is 0 Å². The van der Waals surface area contributed by atoms with E-state index < -0.39 is 0 Å². The average Bonchev–Trinajstić information content (AvgIpc) is 3.29. The Morgan fingerprint density at radius 3 is 2.19 bits per heavy atom. The number of hydrogen-bond donors (Lipinski definition) is 0. The molecule has 2 aromatic heterocycles. The zero-order valence-electron chi connectivity index (χ0n) is 14.9. The molecular formula is C23H18N4. The van der Waals surface area contributed by atoms with Crippen molar-refractivity contribution in [1.29, 1.82) is 0 Å². The molecule has 27 heavy (non-hydrogen) atoms.